The normalized spacial score (nSPS) is 10.4. The van der Waals surface area contributed by atoms with Crippen molar-refractivity contribution in [3.05, 3.63) is 45.0 Å². The van der Waals surface area contributed by atoms with Crippen LogP contribution in [0.4, 0.5) is 5.69 Å². The van der Waals surface area contributed by atoms with E-state index < -0.39 is 5.97 Å². The zero-order valence-corrected chi connectivity index (χ0v) is 12.6. The van der Waals surface area contributed by atoms with Crippen LogP contribution in [0.2, 0.25) is 15.1 Å². The van der Waals surface area contributed by atoms with Crippen molar-refractivity contribution in [3.63, 3.8) is 0 Å². The zero-order valence-electron chi connectivity index (χ0n) is 10.3. The molecule has 0 aliphatic rings. The van der Waals surface area contributed by atoms with Crippen molar-refractivity contribution in [2.75, 3.05) is 12.8 Å². The Bertz CT molecular complexity index is 690. The van der Waals surface area contributed by atoms with E-state index in [4.69, 9.17) is 40.5 Å². The number of ether oxygens (including phenoxy) is 1. The van der Waals surface area contributed by atoms with Gasteiger partial charge in [-0.25, -0.2) is 4.79 Å². The number of aromatic nitrogens is 1. The van der Waals surface area contributed by atoms with Crippen LogP contribution < -0.4 is 5.73 Å². The highest BCUT2D eigenvalue weighted by molar-refractivity contribution is 6.45. The van der Waals surface area contributed by atoms with Crippen molar-refractivity contribution < 1.29 is 9.53 Å². The van der Waals surface area contributed by atoms with Crippen molar-refractivity contribution in [2.24, 2.45) is 0 Å². The van der Waals surface area contributed by atoms with Crippen molar-refractivity contribution in [1.82, 2.24) is 4.98 Å². The van der Waals surface area contributed by atoms with E-state index >= 15 is 0 Å². The van der Waals surface area contributed by atoms with E-state index in [9.17, 15) is 4.79 Å². The van der Waals surface area contributed by atoms with Gasteiger partial charge >= 0.3 is 5.97 Å². The standard InChI is InChI=1S/C13H9Cl3N2O2/c1-20-13(19)7-4-11(18-5-10(7)17)8-2-6(14)3-9(15)12(8)16/h2-5H,17H2,1H3. The summed E-state index contributed by atoms with van der Waals surface area (Å²) in [7, 11) is 1.27. The molecule has 104 valence electrons. The first-order valence-corrected chi connectivity index (χ1v) is 6.56. The minimum atomic E-state index is -0.560. The first-order valence-electron chi connectivity index (χ1n) is 5.42. The van der Waals surface area contributed by atoms with Crippen molar-refractivity contribution in [1.29, 1.82) is 0 Å². The van der Waals surface area contributed by atoms with Gasteiger partial charge in [-0.3, -0.25) is 4.98 Å². The van der Waals surface area contributed by atoms with E-state index in [1.165, 1.54) is 25.4 Å². The van der Waals surface area contributed by atoms with Crippen LogP contribution in [0.15, 0.2) is 24.4 Å². The second kappa shape index (κ2) is 5.87. The summed E-state index contributed by atoms with van der Waals surface area (Å²) in [5.74, 6) is -0.560. The number of nitrogen functional groups attached to an aromatic ring is 1. The highest BCUT2D eigenvalue weighted by Gasteiger charge is 2.15. The van der Waals surface area contributed by atoms with Crippen LogP contribution in [0.5, 0.6) is 0 Å². The quantitative estimate of drug-likeness (QED) is 0.665. The van der Waals surface area contributed by atoms with Crippen LogP contribution in [-0.2, 0) is 4.74 Å². The van der Waals surface area contributed by atoms with E-state index in [0.29, 0.717) is 26.3 Å². The fourth-order valence-corrected chi connectivity index (χ4v) is 2.34. The first kappa shape index (κ1) is 14.9. The van der Waals surface area contributed by atoms with Gasteiger partial charge in [0, 0.05) is 10.6 Å². The van der Waals surface area contributed by atoms with Gasteiger partial charge in [-0.1, -0.05) is 34.8 Å². The van der Waals surface area contributed by atoms with Crippen LogP contribution in [0.1, 0.15) is 10.4 Å². The number of halogens is 3. The van der Waals surface area contributed by atoms with Crippen molar-refractivity contribution >= 4 is 46.5 Å². The van der Waals surface area contributed by atoms with Gasteiger partial charge < -0.3 is 10.5 Å². The van der Waals surface area contributed by atoms with Crippen LogP contribution in [0.3, 0.4) is 0 Å². The first-order chi connectivity index (χ1) is 9.43. The number of carbonyl (C=O) groups is 1. The van der Waals surface area contributed by atoms with Crippen LogP contribution in [0, 0.1) is 0 Å². The smallest absolute Gasteiger partial charge is 0.340 e. The van der Waals surface area contributed by atoms with Gasteiger partial charge in [0.2, 0.25) is 0 Å². The molecule has 0 aliphatic carbocycles. The molecule has 1 aromatic carbocycles. The molecule has 4 nitrogen and oxygen atoms in total. The maximum absolute atomic E-state index is 11.6. The molecule has 0 spiro atoms. The van der Waals surface area contributed by atoms with Crippen LogP contribution >= 0.6 is 34.8 Å². The Morgan fingerprint density at radius 2 is 1.95 bits per heavy atom. The maximum atomic E-state index is 11.6. The zero-order chi connectivity index (χ0) is 14.9. The summed E-state index contributed by atoms with van der Waals surface area (Å²) in [6, 6.07) is 4.61. The molecule has 1 aromatic heterocycles. The molecule has 0 saturated carbocycles. The number of carbonyl (C=O) groups excluding carboxylic acids is 1. The average molecular weight is 332 g/mol. The molecule has 1 heterocycles. The Morgan fingerprint density at radius 3 is 2.60 bits per heavy atom. The van der Waals surface area contributed by atoms with Crippen LogP contribution in [0.25, 0.3) is 11.3 Å². The summed E-state index contributed by atoms with van der Waals surface area (Å²) in [6.07, 6.45) is 1.35. The molecule has 7 heteroatoms. The molecule has 0 saturated heterocycles. The number of nitrogens with zero attached hydrogens (tertiary/aromatic N) is 1. The minimum absolute atomic E-state index is 0.199. The maximum Gasteiger partial charge on any atom is 0.340 e. The molecule has 0 bridgehead atoms. The highest BCUT2D eigenvalue weighted by Crippen LogP contribution is 2.36. The van der Waals surface area contributed by atoms with Gasteiger partial charge in [0.1, 0.15) is 0 Å². The van der Waals surface area contributed by atoms with Crippen molar-refractivity contribution in [3.8, 4) is 11.3 Å². The largest absolute Gasteiger partial charge is 0.465 e. The van der Waals surface area contributed by atoms with E-state index in [0.717, 1.165) is 0 Å². The van der Waals surface area contributed by atoms with E-state index in [1.807, 2.05) is 0 Å². The average Bonchev–Trinajstić information content (AvgIpc) is 2.42. The number of hydrogen-bond acceptors (Lipinski definition) is 4. The molecule has 0 fully saturated rings. The molecule has 2 rings (SSSR count). The number of rotatable bonds is 2. The fraction of sp³-hybridized carbons (Fsp3) is 0.0769. The fourth-order valence-electron chi connectivity index (χ4n) is 1.64. The number of pyridine rings is 1. The highest BCUT2D eigenvalue weighted by atomic mass is 35.5. The van der Waals surface area contributed by atoms with E-state index in [1.54, 1.807) is 6.07 Å². The Hall–Kier alpha value is -1.49. The molecular weight excluding hydrogens is 323 g/mol. The summed E-state index contributed by atoms with van der Waals surface area (Å²) in [5.41, 5.74) is 7.04. The molecule has 0 amide bonds. The SMILES string of the molecule is COC(=O)c1cc(-c2cc(Cl)cc(Cl)c2Cl)ncc1N. The molecule has 0 atom stereocenters. The molecular formula is C13H9Cl3N2O2. The number of anilines is 1. The number of nitrogens with two attached hydrogens (primary N) is 1. The van der Waals surface area contributed by atoms with Gasteiger partial charge in [0.05, 0.1) is 40.3 Å². The molecule has 2 N–H and O–H groups in total. The number of hydrogen-bond donors (Lipinski definition) is 1. The topological polar surface area (TPSA) is 65.2 Å². The Morgan fingerprint density at radius 1 is 1.25 bits per heavy atom. The van der Waals surface area contributed by atoms with Gasteiger partial charge in [0.15, 0.2) is 0 Å². The third kappa shape index (κ3) is 2.82. The predicted molar refractivity (Wildman–Crippen MR) is 80.5 cm³/mol. The van der Waals surface area contributed by atoms with Gasteiger partial charge in [0.25, 0.3) is 0 Å². The Kier molecular flexibility index (Phi) is 4.38. The summed E-state index contributed by atoms with van der Waals surface area (Å²) in [4.78, 5) is 15.8. The summed E-state index contributed by atoms with van der Waals surface area (Å²) < 4.78 is 4.65. The van der Waals surface area contributed by atoms with E-state index in [2.05, 4.69) is 9.72 Å². The lowest BCUT2D eigenvalue weighted by Crippen LogP contribution is -2.06. The third-order valence-corrected chi connectivity index (χ3v) is 3.63. The number of benzene rings is 1. The van der Waals surface area contributed by atoms with Gasteiger partial charge in [-0.2, -0.15) is 0 Å². The lowest BCUT2D eigenvalue weighted by molar-refractivity contribution is 0.0602. The van der Waals surface area contributed by atoms with Crippen molar-refractivity contribution in [2.45, 2.75) is 0 Å². The number of methoxy groups -OCH3 is 1. The summed E-state index contributed by atoms with van der Waals surface area (Å²) in [6.45, 7) is 0. The van der Waals surface area contributed by atoms with E-state index in [-0.39, 0.29) is 11.3 Å². The molecule has 0 radical (unpaired) electrons. The third-order valence-electron chi connectivity index (χ3n) is 2.61. The Balaban J connectivity index is 2.62. The second-order valence-electron chi connectivity index (χ2n) is 3.90. The molecule has 2 aromatic rings. The van der Waals surface area contributed by atoms with Gasteiger partial charge in [-0.05, 0) is 18.2 Å². The monoisotopic (exact) mass is 330 g/mol. The lowest BCUT2D eigenvalue weighted by atomic mass is 10.1. The molecule has 20 heavy (non-hydrogen) atoms. The summed E-state index contributed by atoms with van der Waals surface area (Å²) >= 11 is 18.0. The van der Waals surface area contributed by atoms with Crippen LogP contribution in [-0.4, -0.2) is 18.1 Å². The summed E-state index contributed by atoms with van der Waals surface area (Å²) in [5, 5.41) is 1.00. The molecule has 0 unspecified atom stereocenters. The predicted octanol–water partition coefficient (Wildman–Crippen LogP) is 4.08. The molecule has 0 aliphatic heterocycles. The minimum Gasteiger partial charge on any atom is -0.465 e. The van der Waals surface area contributed by atoms with Gasteiger partial charge in [-0.15, -0.1) is 0 Å². The Labute approximate surface area is 130 Å². The second-order valence-corrected chi connectivity index (χ2v) is 5.12. The lowest BCUT2D eigenvalue weighted by Gasteiger charge is -2.09. The number of esters is 1.